The summed E-state index contributed by atoms with van der Waals surface area (Å²) in [6, 6.07) is 13.1. The van der Waals surface area contributed by atoms with Gasteiger partial charge in [-0.15, -0.1) is 0 Å². The van der Waals surface area contributed by atoms with Crippen LogP contribution in [-0.4, -0.2) is 32.9 Å². The molecule has 27 heavy (non-hydrogen) atoms. The van der Waals surface area contributed by atoms with Gasteiger partial charge in [0.25, 0.3) is 5.91 Å². The van der Waals surface area contributed by atoms with Gasteiger partial charge in [-0.2, -0.15) is 5.10 Å². The highest BCUT2D eigenvalue weighted by molar-refractivity contribution is 5.83. The first-order valence-corrected chi connectivity index (χ1v) is 8.84. The summed E-state index contributed by atoms with van der Waals surface area (Å²) in [7, 11) is 3.14. The van der Waals surface area contributed by atoms with Gasteiger partial charge in [0.2, 0.25) is 0 Å². The highest BCUT2D eigenvalue weighted by atomic mass is 16.5. The van der Waals surface area contributed by atoms with Crippen LogP contribution in [0.1, 0.15) is 37.3 Å². The lowest BCUT2D eigenvalue weighted by Crippen LogP contribution is -2.25. The lowest BCUT2D eigenvalue weighted by atomic mass is 9.98. The number of rotatable bonds is 9. The molecule has 1 atom stereocenters. The molecule has 144 valence electrons. The first-order valence-electron chi connectivity index (χ1n) is 8.84. The molecular weight excluding hydrogens is 344 g/mol. The van der Waals surface area contributed by atoms with Crippen molar-refractivity contribution in [2.24, 2.45) is 5.10 Å². The molecule has 6 nitrogen and oxygen atoms in total. The van der Waals surface area contributed by atoms with Crippen molar-refractivity contribution >= 4 is 12.1 Å². The third kappa shape index (κ3) is 5.74. The topological polar surface area (TPSA) is 69.2 Å². The third-order valence-electron chi connectivity index (χ3n) is 4.23. The van der Waals surface area contributed by atoms with Gasteiger partial charge in [0.05, 0.1) is 20.4 Å². The Morgan fingerprint density at radius 2 is 1.85 bits per heavy atom. The monoisotopic (exact) mass is 370 g/mol. The molecule has 0 aromatic heterocycles. The molecule has 2 aromatic rings. The van der Waals surface area contributed by atoms with Crippen molar-refractivity contribution in [1.82, 2.24) is 5.43 Å². The van der Waals surface area contributed by atoms with E-state index in [2.05, 4.69) is 24.4 Å². The van der Waals surface area contributed by atoms with E-state index >= 15 is 0 Å². The van der Waals surface area contributed by atoms with Crippen molar-refractivity contribution in [2.75, 3.05) is 20.8 Å². The quantitative estimate of drug-likeness (QED) is 0.539. The molecule has 1 amide bonds. The van der Waals surface area contributed by atoms with Gasteiger partial charge in [0, 0.05) is 0 Å². The minimum absolute atomic E-state index is 0.100. The molecule has 0 aliphatic carbocycles. The number of hydrogen-bond donors (Lipinski definition) is 1. The minimum atomic E-state index is -0.328. The highest BCUT2D eigenvalue weighted by Crippen LogP contribution is 2.28. The molecule has 1 N–H and O–H groups in total. The fraction of sp³-hybridized carbons (Fsp3) is 0.333. The molecule has 0 aliphatic heterocycles. The van der Waals surface area contributed by atoms with Crippen LogP contribution < -0.4 is 19.6 Å². The van der Waals surface area contributed by atoms with E-state index < -0.39 is 0 Å². The Labute approximate surface area is 160 Å². The van der Waals surface area contributed by atoms with E-state index in [9.17, 15) is 4.79 Å². The molecule has 0 fully saturated rings. The van der Waals surface area contributed by atoms with Crippen molar-refractivity contribution in [1.29, 1.82) is 0 Å². The summed E-state index contributed by atoms with van der Waals surface area (Å²) >= 11 is 0. The average Bonchev–Trinajstić information content (AvgIpc) is 2.71. The molecule has 0 radical (unpaired) electrons. The number of hydrogen-bond acceptors (Lipinski definition) is 5. The maximum absolute atomic E-state index is 12.0. The lowest BCUT2D eigenvalue weighted by molar-refractivity contribution is -0.123. The zero-order valence-corrected chi connectivity index (χ0v) is 16.2. The maximum Gasteiger partial charge on any atom is 0.277 e. The van der Waals surface area contributed by atoms with E-state index in [4.69, 9.17) is 14.2 Å². The number of methoxy groups -OCH3 is 2. The molecule has 0 heterocycles. The fourth-order valence-electron chi connectivity index (χ4n) is 2.53. The molecule has 0 saturated carbocycles. The Hall–Kier alpha value is -3.02. The molecule has 0 aliphatic rings. The van der Waals surface area contributed by atoms with Gasteiger partial charge in [-0.1, -0.05) is 32.0 Å². The maximum atomic E-state index is 12.0. The number of ether oxygens (including phenoxy) is 3. The summed E-state index contributed by atoms with van der Waals surface area (Å²) in [5, 5.41) is 3.96. The Balaban J connectivity index is 1.91. The largest absolute Gasteiger partial charge is 0.493 e. The summed E-state index contributed by atoms with van der Waals surface area (Å²) in [5.41, 5.74) is 4.34. The number of carbonyl (C=O) groups is 1. The average molecular weight is 370 g/mol. The number of amides is 1. The van der Waals surface area contributed by atoms with E-state index in [-0.39, 0.29) is 12.5 Å². The Morgan fingerprint density at radius 1 is 1.11 bits per heavy atom. The number of nitrogens with zero attached hydrogens (tertiary/aromatic N) is 1. The number of para-hydroxylation sites is 1. The molecule has 1 unspecified atom stereocenters. The van der Waals surface area contributed by atoms with Crippen molar-refractivity contribution in [3.63, 3.8) is 0 Å². The molecule has 0 spiro atoms. The Morgan fingerprint density at radius 3 is 2.56 bits per heavy atom. The lowest BCUT2D eigenvalue weighted by Gasteiger charge is -2.15. The van der Waals surface area contributed by atoms with Crippen molar-refractivity contribution in [2.45, 2.75) is 26.2 Å². The van der Waals surface area contributed by atoms with Crippen LogP contribution in [0.4, 0.5) is 0 Å². The molecule has 2 rings (SSSR count). The van der Waals surface area contributed by atoms with Crippen LogP contribution in [0.3, 0.4) is 0 Å². The predicted octanol–water partition coefficient (Wildman–Crippen LogP) is 3.75. The number of carbonyl (C=O) groups excluding carboxylic acids is 1. The summed E-state index contributed by atoms with van der Waals surface area (Å²) in [6.07, 6.45) is 2.54. The Bertz CT molecular complexity index is 790. The molecular formula is C21H26N2O4. The zero-order chi connectivity index (χ0) is 19.6. The van der Waals surface area contributed by atoms with Crippen molar-refractivity contribution in [3.8, 4) is 17.2 Å². The minimum Gasteiger partial charge on any atom is -0.493 e. The predicted molar refractivity (Wildman–Crippen MR) is 106 cm³/mol. The smallest absolute Gasteiger partial charge is 0.277 e. The normalized spacial score (nSPS) is 11.9. The van der Waals surface area contributed by atoms with Gasteiger partial charge in [-0.05, 0) is 47.7 Å². The van der Waals surface area contributed by atoms with E-state index in [1.54, 1.807) is 26.4 Å². The molecule has 6 heteroatoms. The van der Waals surface area contributed by atoms with Crippen LogP contribution in [0, 0.1) is 0 Å². The van der Waals surface area contributed by atoms with Gasteiger partial charge in [0.15, 0.2) is 18.1 Å². The summed E-state index contributed by atoms with van der Waals surface area (Å²) in [4.78, 5) is 12.0. The van der Waals surface area contributed by atoms with E-state index in [0.717, 1.165) is 23.3 Å². The van der Waals surface area contributed by atoms with Crippen LogP contribution >= 0.6 is 0 Å². The van der Waals surface area contributed by atoms with Gasteiger partial charge in [-0.3, -0.25) is 4.79 Å². The summed E-state index contributed by atoms with van der Waals surface area (Å²) in [6.45, 7) is 4.16. The first-order chi connectivity index (χ1) is 13.1. The van der Waals surface area contributed by atoms with E-state index in [1.807, 2.05) is 30.3 Å². The molecule has 0 saturated heterocycles. The second kappa shape index (κ2) is 10.2. The number of hydrazone groups is 1. The molecule has 0 bridgehead atoms. The first kappa shape index (κ1) is 20.3. The van der Waals surface area contributed by atoms with E-state index in [0.29, 0.717) is 17.4 Å². The van der Waals surface area contributed by atoms with Crippen LogP contribution in [0.2, 0.25) is 0 Å². The van der Waals surface area contributed by atoms with Gasteiger partial charge < -0.3 is 14.2 Å². The number of benzene rings is 2. The van der Waals surface area contributed by atoms with Crippen LogP contribution in [0.15, 0.2) is 47.6 Å². The van der Waals surface area contributed by atoms with Gasteiger partial charge in [-0.25, -0.2) is 5.43 Å². The van der Waals surface area contributed by atoms with Gasteiger partial charge in [0.1, 0.15) is 5.75 Å². The van der Waals surface area contributed by atoms with Crippen molar-refractivity contribution in [3.05, 3.63) is 53.6 Å². The van der Waals surface area contributed by atoms with Gasteiger partial charge >= 0.3 is 0 Å². The zero-order valence-electron chi connectivity index (χ0n) is 16.2. The Kier molecular flexibility index (Phi) is 7.67. The van der Waals surface area contributed by atoms with Crippen LogP contribution in [0.25, 0.3) is 0 Å². The van der Waals surface area contributed by atoms with Crippen LogP contribution in [-0.2, 0) is 4.79 Å². The third-order valence-corrected chi connectivity index (χ3v) is 4.23. The fourth-order valence-corrected chi connectivity index (χ4v) is 2.53. The van der Waals surface area contributed by atoms with E-state index in [1.165, 1.54) is 6.21 Å². The van der Waals surface area contributed by atoms with Crippen molar-refractivity contribution < 1.29 is 19.0 Å². The summed E-state index contributed by atoms with van der Waals surface area (Å²) < 4.78 is 16.1. The summed E-state index contributed by atoms with van der Waals surface area (Å²) in [5.74, 6) is 1.99. The second-order valence-corrected chi connectivity index (χ2v) is 6.04. The second-order valence-electron chi connectivity index (χ2n) is 6.04. The van der Waals surface area contributed by atoms with Crippen LogP contribution in [0.5, 0.6) is 17.2 Å². The highest BCUT2D eigenvalue weighted by Gasteiger charge is 2.11. The standard InChI is InChI=1S/C21H26N2O4/c1-5-15(2)17-8-6-7-9-18(17)27-14-21(24)23-22-13-16-10-11-19(25-3)20(12-16)26-4/h6-13,15H,5,14H2,1-4H3,(H,23,24)/b22-13+. The number of nitrogens with one attached hydrogen (secondary N) is 1. The molecule has 2 aromatic carbocycles. The SMILES string of the molecule is CCC(C)c1ccccc1OCC(=O)N/N=C/c1ccc(OC)c(OC)c1.